The molecule has 4 nitrogen and oxygen atoms in total. The molecule has 0 N–H and O–H groups in total. The SMILES string of the molecule is Cc1ccc(S(=O)(=O)/N=C2/CCC[C@](CI)(Cc3ccccc3)O2)cc1. The van der Waals surface area contributed by atoms with Gasteiger partial charge in [0.05, 0.1) is 4.90 Å². The first kappa shape index (κ1) is 19.4. The number of ether oxygens (including phenoxy) is 1. The molecule has 2 aromatic carbocycles. The number of hydrogen-bond acceptors (Lipinski definition) is 3. The maximum Gasteiger partial charge on any atom is 0.285 e. The third kappa shape index (κ3) is 4.65. The molecule has 26 heavy (non-hydrogen) atoms. The Bertz CT molecular complexity index is 879. The van der Waals surface area contributed by atoms with Crippen LogP contribution in [0.4, 0.5) is 0 Å². The summed E-state index contributed by atoms with van der Waals surface area (Å²) in [5.74, 6) is 0.324. The summed E-state index contributed by atoms with van der Waals surface area (Å²) in [6, 6.07) is 16.9. The first-order chi connectivity index (χ1) is 12.4. The summed E-state index contributed by atoms with van der Waals surface area (Å²) in [7, 11) is -3.75. The van der Waals surface area contributed by atoms with E-state index in [0.717, 1.165) is 29.3 Å². The monoisotopic (exact) mass is 483 g/mol. The highest BCUT2D eigenvalue weighted by molar-refractivity contribution is 14.1. The molecule has 1 fully saturated rings. The van der Waals surface area contributed by atoms with E-state index in [1.165, 1.54) is 5.56 Å². The van der Waals surface area contributed by atoms with Crippen molar-refractivity contribution in [2.45, 2.75) is 43.1 Å². The van der Waals surface area contributed by atoms with Crippen LogP contribution >= 0.6 is 22.6 Å². The van der Waals surface area contributed by atoms with Crippen molar-refractivity contribution in [2.75, 3.05) is 4.43 Å². The number of alkyl halides is 1. The fourth-order valence-corrected chi connectivity index (χ4v) is 4.90. The largest absolute Gasteiger partial charge is 0.472 e. The van der Waals surface area contributed by atoms with E-state index in [4.69, 9.17) is 4.74 Å². The molecule has 3 rings (SSSR count). The van der Waals surface area contributed by atoms with Gasteiger partial charge in [-0.25, -0.2) is 0 Å². The van der Waals surface area contributed by atoms with Gasteiger partial charge >= 0.3 is 0 Å². The second-order valence-corrected chi connectivity index (χ2v) is 9.07. The van der Waals surface area contributed by atoms with Gasteiger partial charge in [-0.15, -0.1) is 4.40 Å². The maximum atomic E-state index is 12.6. The van der Waals surface area contributed by atoms with Gasteiger partial charge in [0.1, 0.15) is 5.60 Å². The van der Waals surface area contributed by atoms with Crippen LogP contribution in [0.2, 0.25) is 0 Å². The van der Waals surface area contributed by atoms with Crippen molar-refractivity contribution in [3.8, 4) is 0 Å². The molecule has 0 saturated carbocycles. The fourth-order valence-electron chi connectivity index (χ4n) is 3.11. The van der Waals surface area contributed by atoms with Gasteiger partial charge in [-0.1, -0.05) is 70.6 Å². The normalized spacial score (nSPS) is 22.2. The predicted octanol–water partition coefficient (Wildman–Crippen LogP) is 4.70. The smallest absolute Gasteiger partial charge is 0.285 e. The van der Waals surface area contributed by atoms with Crippen LogP contribution in [0.25, 0.3) is 0 Å². The molecule has 1 aliphatic rings. The van der Waals surface area contributed by atoms with Gasteiger partial charge < -0.3 is 4.74 Å². The third-order valence-electron chi connectivity index (χ3n) is 4.51. The van der Waals surface area contributed by atoms with Crippen LogP contribution in [0.3, 0.4) is 0 Å². The molecule has 1 atom stereocenters. The van der Waals surface area contributed by atoms with Crippen LogP contribution < -0.4 is 0 Å². The second-order valence-electron chi connectivity index (χ2n) is 6.71. The van der Waals surface area contributed by atoms with Crippen molar-refractivity contribution < 1.29 is 13.2 Å². The minimum atomic E-state index is -3.75. The molecule has 0 aliphatic carbocycles. The van der Waals surface area contributed by atoms with Crippen molar-refractivity contribution in [3.05, 3.63) is 65.7 Å². The number of rotatable bonds is 5. The van der Waals surface area contributed by atoms with Crippen molar-refractivity contribution >= 4 is 38.5 Å². The third-order valence-corrected chi connectivity index (χ3v) is 7.21. The molecule has 0 radical (unpaired) electrons. The summed E-state index contributed by atoms with van der Waals surface area (Å²) >= 11 is 2.32. The second kappa shape index (κ2) is 8.08. The van der Waals surface area contributed by atoms with E-state index in [0.29, 0.717) is 12.3 Å². The molecular formula is C20H22INO3S. The first-order valence-corrected chi connectivity index (χ1v) is 11.6. The Morgan fingerprint density at radius 1 is 1.12 bits per heavy atom. The van der Waals surface area contributed by atoms with Gasteiger partial charge in [-0.05, 0) is 37.5 Å². The van der Waals surface area contributed by atoms with Crippen molar-refractivity contribution in [1.29, 1.82) is 0 Å². The number of benzene rings is 2. The standard InChI is InChI=1S/C20H22INO3S/c1-16-9-11-18(12-10-16)26(23,24)22-19-8-5-13-20(15-21,25-19)14-17-6-3-2-4-7-17/h2-4,6-7,9-12H,5,8,13-15H2,1H3/b22-19-/t20-/m1/s1. The summed E-state index contributed by atoms with van der Waals surface area (Å²) in [5, 5.41) is 0. The van der Waals surface area contributed by atoms with Gasteiger partial charge in [0.15, 0.2) is 0 Å². The van der Waals surface area contributed by atoms with Gasteiger partial charge in [-0.2, -0.15) is 8.42 Å². The number of hydrogen-bond donors (Lipinski definition) is 0. The minimum Gasteiger partial charge on any atom is -0.472 e. The molecule has 0 amide bonds. The van der Waals surface area contributed by atoms with Crippen molar-refractivity contribution in [3.63, 3.8) is 0 Å². The Morgan fingerprint density at radius 2 is 1.81 bits per heavy atom. The van der Waals surface area contributed by atoms with Crippen LogP contribution in [-0.4, -0.2) is 24.3 Å². The Morgan fingerprint density at radius 3 is 2.46 bits per heavy atom. The number of aryl methyl sites for hydroxylation is 1. The molecule has 6 heteroatoms. The molecule has 0 bridgehead atoms. The molecule has 0 spiro atoms. The molecule has 0 aromatic heterocycles. The summed E-state index contributed by atoms with van der Waals surface area (Å²) < 4.78 is 36.2. The van der Waals surface area contributed by atoms with E-state index in [1.54, 1.807) is 24.3 Å². The molecule has 1 aliphatic heterocycles. The predicted molar refractivity (Wildman–Crippen MR) is 112 cm³/mol. The lowest BCUT2D eigenvalue weighted by molar-refractivity contribution is 0.0517. The molecule has 138 valence electrons. The molecule has 1 heterocycles. The average Bonchev–Trinajstić information content (AvgIpc) is 2.63. The van der Waals surface area contributed by atoms with Crippen LogP contribution in [0.15, 0.2) is 63.9 Å². The van der Waals surface area contributed by atoms with Crippen LogP contribution in [0.5, 0.6) is 0 Å². The van der Waals surface area contributed by atoms with Gasteiger partial charge in [0.2, 0.25) is 5.90 Å². The molecular weight excluding hydrogens is 461 g/mol. The van der Waals surface area contributed by atoms with Crippen LogP contribution in [0, 0.1) is 6.92 Å². The van der Waals surface area contributed by atoms with Gasteiger partial charge in [0, 0.05) is 17.3 Å². The maximum absolute atomic E-state index is 12.6. The van der Waals surface area contributed by atoms with Gasteiger partial charge in [0.25, 0.3) is 10.0 Å². The van der Waals surface area contributed by atoms with E-state index in [9.17, 15) is 8.42 Å². The lowest BCUT2D eigenvalue weighted by Gasteiger charge is -2.37. The van der Waals surface area contributed by atoms with Gasteiger partial charge in [-0.3, -0.25) is 0 Å². The van der Waals surface area contributed by atoms with E-state index >= 15 is 0 Å². The highest BCUT2D eigenvalue weighted by Crippen LogP contribution is 2.32. The molecule has 2 aromatic rings. The van der Waals surface area contributed by atoms with E-state index < -0.39 is 15.6 Å². The highest BCUT2D eigenvalue weighted by atomic mass is 127. The highest BCUT2D eigenvalue weighted by Gasteiger charge is 2.36. The van der Waals surface area contributed by atoms with E-state index in [-0.39, 0.29) is 4.90 Å². The quantitative estimate of drug-likeness (QED) is 0.458. The Kier molecular flexibility index (Phi) is 6.02. The summed E-state index contributed by atoms with van der Waals surface area (Å²) in [6.45, 7) is 1.92. The lowest BCUT2D eigenvalue weighted by atomic mass is 9.89. The topological polar surface area (TPSA) is 55.7 Å². The number of nitrogens with zero attached hydrogens (tertiary/aromatic N) is 1. The molecule has 0 unspecified atom stereocenters. The summed E-state index contributed by atoms with van der Waals surface area (Å²) in [6.07, 6.45) is 3.07. The van der Waals surface area contributed by atoms with Crippen molar-refractivity contribution in [2.24, 2.45) is 4.40 Å². The number of halogens is 1. The zero-order valence-electron chi connectivity index (χ0n) is 14.7. The lowest BCUT2D eigenvalue weighted by Crippen LogP contribution is -2.42. The zero-order valence-corrected chi connectivity index (χ0v) is 17.7. The minimum absolute atomic E-state index is 0.202. The van der Waals surface area contributed by atoms with Crippen LogP contribution in [0.1, 0.15) is 30.4 Å². The Hall–Kier alpha value is -1.41. The first-order valence-electron chi connectivity index (χ1n) is 8.62. The number of sulfonamides is 1. The summed E-state index contributed by atoms with van der Waals surface area (Å²) in [5.41, 5.74) is 1.80. The Labute approximate surface area is 168 Å². The average molecular weight is 483 g/mol. The van der Waals surface area contributed by atoms with E-state index in [2.05, 4.69) is 39.1 Å². The zero-order chi connectivity index (χ0) is 18.6. The molecule has 1 saturated heterocycles. The van der Waals surface area contributed by atoms with E-state index in [1.807, 2.05) is 25.1 Å². The summed E-state index contributed by atoms with van der Waals surface area (Å²) in [4.78, 5) is 0.202. The Balaban J connectivity index is 1.84. The van der Waals surface area contributed by atoms with Crippen molar-refractivity contribution in [1.82, 2.24) is 0 Å². The van der Waals surface area contributed by atoms with Crippen LogP contribution in [-0.2, 0) is 21.2 Å². The fraction of sp³-hybridized carbons (Fsp3) is 0.350.